The molecule has 3 heteroatoms. The number of thiol groups is 1. The van der Waals surface area contributed by atoms with Crippen molar-refractivity contribution in [2.24, 2.45) is 0 Å². The van der Waals surface area contributed by atoms with Gasteiger partial charge in [0, 0.05) is 12.0 Å². The van der Waals surface area contributed by atoms with E-state index in [2.05, 4.69) is 12.6 Å². The minimum atomic E-state index is 0.322. The van der Waals surface area contributed by atoms with Gasteiger partial charge in [0.15, 0.2) is 0 Å². The van der Waals surface area contributed by atoms with Crippen molar-refractivity contribution in [3.8, 4) is 0 Å². The quantitative estimate of drug-likeness (QED) is 0.439. The minimum Gasteiger partial charge on any atom is -0.359 e. The van der Waals surface area contributed by atoms with E-state index in [9.17, 15) is 0 Å². The first kappa shape index (κ1) is 9.58. The molecule has 0 spiro atoms. The van der Waals surface area contributed by atoms with Gasteiger partial charge in [-0.2, -0.15) is 0 Å². The summed E-state index contributed by atoms with van der Waals surface area (Å²) in [6.07, 6.45) is 0. The zero-order valence-electron chi connectivity index (χ0n) is 6.99. The van der Waals surface area contributed by atoms with E-state index in [-0.39, 0.29) is 0 Å². The summed E-state index contributed by atoms with van der Waals surface area (Å²) in [7, 11) is 1.60. The summed E-state index contributed by atoms with van der Waals surface area (Å²) in [6, 6.07) is 7.83. The SMILES string of the molecule is COCOCc1ccccc1S. The van der Waals surface area contributed by atoms with Crippen LogP contribution < -0.4 is 0 Å². The zero-order chi connectivity index (χ0) is 8.81. The Bertz CT molecular complexity index is 238. The fraction of sp³-hybridized carbons (Fsp3) is 0.333. The summed E-state index contributed by atoms with van der Waals surface area (Å²) in [4.78, 5) is 0.952. The Hall–Kier alpha value is -0.510. The van der Waals surface area contributed by atoms with E-state index in [4.69, 9.17) is 9.47 Å². The zero-order valence-corrected chi connectivity index (χ0v) is 7.88. The van der Waals surface area contributed by atoms with Gasteiger partial charge in [0.25, 0.3) is 0 Å². The average molecular weight is 184 g/mol. The van der Waals surface area contributed by atoms with Crippen LogP contribution in [0.25, 0.3) is 0 Å². The first-order chi connectivity index (χ1) is 5.84. The Morgan fingerprint density at radius 1 is 1.33 bits per heavy atom. The highest BCUT2D eigenvalue weighted by Crippen LogP contribution is 2.13. The van der Waals surface area contributed by atoms with Crippen LogP contribution in [0.1, 0.15) is 5.56 Å². The highest BCUT2D eigenvalue weighted by Gasteiger charge is 1.96. The summed E-state index contributed by atoms with van der Waals surface area (Å²) in [6.45, 7) is 0.871. The lowest BCUT2D eigenvalue weighted by Gasteiger charge is -2.04. The normalized spacial score (nSPS) is 10.2. The lowest BCUT2D eigenvalue weighted by Crippen LogP contribution is -1.97. The number of benzene rings is 1. The van der Waals surface area contributed by atoms with Crippen molar-refractivity contribution < 1.29 is 9.47 Å². The van der Waals surface area contributed by atoms with Crippen molar-refractivity contribution in [2.45, 2.75) is 11.5 Å². The second-order valence-corrected chi connectivity index (χ2v) is 2.87. The second kappa shape index (κ2) is 5.19. The molecule has 0 saturated carbocycles. The molecular weight excluding hydrogens is 172 g/mol. The van der Waals surface area contributed by atoms with Gasteiger partial charge in [-0.3, -0.25) is 0 Å². The van der Waals surface area contributed by atoms with Crippen molar-refractivity contribution in [1.82, 2.24) is 0 Å². The minimum absolute atomic E-state index is 0.322. The molecule has 0 fully saturated rings. The van der Waals surface area contributed by atoms with Crippen molar-refractivity contribution >= 4 is 12.6 Å². The molecule has 0 unspecified atom stereocenters. The van der Waals surface area contributed by atoms with Crippen LogP contribution in [0.2, 0.25) is 0 Å². The number of hydrogen-bond donors (Lipinski definition) is 1. The standard InChI is InChI=1S/C9H12O2S/c1-10-7-11-6-8-4-2-3-5-9(8)12/h2-5,12H,6-7H2,1H3. The molecule has 0 bridgehead atoms. The van der Waals surface area contributed by atoms with Crippen molar-refractivity contribution in [3.63, 3.8) is 0 Å². The van der Waals surface area contributed by atoms with E-state index < -0.39 is 0 Å². The smallest absolute Gasteiger partial charge is 0.146 e. The van der Waals surface area contributed by atoms with Crippen molar-refractivity contribution in [3.05, 3.63) is 29.8 Å². The molecule has 0 aromatic heterocycles. The van der Waals surface area contributed by atoms with Crippen LogP contribution in [0.4, 0.5) is 0 Å². The van der Waals surface area contributed by atoms with E-state index in [1.165, 1.54) is 0 Å². The van der Waals surface area contributed by atoms with Gasteiger partial charge in [-0.25, -0.2) is 0 Å². The molecular formula is C9H12O2S. The van der Waals surface area contributed by atoms with Gasteiger partial charge >= 0.3 is 0 Å². The highest BCUT2D eigenvalue weighted by atomic mass is 32.1. The predicted octanol–water partition coefficient (Wildman–Crippen LogP) is 2.10. The Morgan fingerprint density at radius 2 is 2.08 bits per heavy atom. The Morgan fingerprint density at radius 3 is 2.75 bits per heavy atom. The highest BCUT2D eigenvalue weighted by molar-refractivity contribution is 7.80. The molecule has 0 atom stereocenters. The Labute approximate surface area is 77.9 Å². The predicted molar refractivity (Wildman–Crippen MR) is 50.4 cm³/mol. The topological polar surface area (TPSA) is 18.5 Å². The van der Waals surface area contributed by atoms with Crippen LogP contribution in [0.15, 0.2) is 29.2 Å². The van der Waals surface area contributed by atoms with Gasteiger partial charge in [0.2, 0.25) is 0 Å². The average Bonchev–Trinajstić information content (AvgIpc) is 2.09. The van der Waals surface area contributed by atoms with Gasteiger partial charge in [-0.15, -0.1) is 12.6 Å². The van der Waals surface area contributed by atoms with Gasteiger partial charge in [0.1, 0.15) is 6.79 Å². The maximum Gasteiger partial charge on any atom is 0.146 e. The lowest BCUT2D eigenvalue weighted by atomic mass is 10.2. The molecule has 0 N–H and O–H groups in total. The van der Waals surface area contributed by atoms with Crippen molar-refractivity contribution in [1.29, 1.82) is 0 Å². The third-order valence-electron chi connectivity index (χ3n) is 1.45. The number of rotatable bonds is 4. The molecule has 66 valence electrons. The first-order valence-electron chi connectivity index (χ1n) is 3.68. The third-order valence-corrected chi connectivity index (χ3v) is 1.89. The fourth-order valence-corrected chi connectivity index (χ4v) is 1.09. The molecule has 0 aliphatic heterocycles. The van der Waals surface area contributed by atoms with E-state index in [1.807, 2.05) is 24.3 Å². The summed E-state index contributed by atoms with van der Waals surface area (Å²) in [5.41, 5.74) is 1.08. The van der Waals surface area contributed by atoms with Gasteiger partial charge in [0.05, 0.1) is 6.61 Å². The van der Waals surface area contributed by atoms with Crippen LogP contribution in [0.3, 0.4) is 0 Å². The third kappa shape index (κ3) is 2.85. The van der Waals surface area contributed by atoms with Crippen LogP contribution in [-0.2, 0) is 16.1 Å². The summed E-state index contributed by atoms with van der Waals surface area (Å²) in [5.74, 6) is 0. The second-order valence-electron chi connectivity index (χ2n) is 2.38. The van der Waals surface area contributed by atoms with E-state index in [0.29, 0.717) is 13.4 Å². The molecule has 1 aromatic carbocycles. The number of methoxy groups -OCH3 is 1. The summed E-state index contributed by atoms with van der Waals surface area (Å²) >= 11 is 4.28. The maximum atomic E-state index is 5.18. The Balaban J connectivity index is 2.46. The molecule has 0 aliphatic carbocycles. The van der Waals surface area contributed by atoms with Gasteiger partial charge < -0.3 is 9.47 Å². The maximum absolute atomic E-state index is 5.18. The lowest BCUT2D eigenvalue weighted by molar-refractivity contribution is -0.0396. The van der Waals surface area contributed by atoms with Crippen LogP contribution in [0, 0.1) is 0 Å². The first-order valence-corrected chi connectivity index (χ1v) is 4.13. The largest absolute Gasteiger partial charge is 0.359 e. The van der Waals surface area contributed by atoms with Gasteiger partial charge in [-0.1, -0.05) is 18.2 Å². The van der Waals surface area contributed by atoms with E-state index in [0.717, 1.165) is 10.5 Å². The summed E-state index contributed by atoms with van der Waals surface area (Å²) in [5, 5.41) is 0. The molecule has 2 nitrogen and oxygen atoms in total. The number of ether oxygens (including phenoxy) is 2. The van der Waals surface area contributed by atoms with E-state index in [1.54, 1.807) is 7.11 Å². The monoisotopic (exact) mass is 184 g/mol. The molecule has 1 rings (SSSR count). The van der Waals surface area contributed by atoms with Crippen LogP contribution in [0.5, 0.6) is 0 Å². The fourth-order valence-electron chi connectivity index (χ4n) is 0.868. The Kier molecular flexibility index (Phi) is 4.14. The molecule has 12 heavy (non-hydrogen) atoms. The van der Waals surface area contributed by atoms with Crippen molar-refractivity contribution in [2.75, 3.05) is 13.9 Å². The van der Waals surface area contributed by atoms with E-state index >= 15 is 0 Å². The number of hydrogen-bond acceptors (Lipinski definition) is 3. The summed E-state index contributed by atoms with van der Waals surface area (Å²) < 4.78 is 9.93. The molecule has 0 saturated heterocycles. The van der Waals surface area contributed by atoms with Crippen LogP contribution in [-0.4, -0.2) is 13.9 Å². The van der Waals surface area contributed by atoms with Crippen LogP contribution >= 0.6 is 12.6 Å². The molecule has 0 radical (unpaired) electrons. The molecule has 0 heterocycles. The molecule has 1 aromatic rings. The van der Waals surface area contributed by atoms with Gasteiger partial charge in [-0.05, 0) is 11.6 Å². The molecule has 0 amide bonds. The molecule has 0 aliphatic rings.